The molecule has 0 aliphatic heterocycles. The summed E-state index contributed by atoms with van der Waals surface area (Å²) >= 11 is 1.01. The predicted molar refractivity (Wildman–Crippen MR) is 108 cm³/mol. The topological polar surface area (TPSA) is 127 Å². The number of nitrogens with zero attached hydrogens (tertiary/aromatic N) is 2. The lowest BCUT2D eigenvalue weighted by Crippen LogP contribution is -2.17. The molecule has 0 unspecified atom stereocenters. The van der Waals surface area contributed by atoms with E-state index in [0.717, 1.165) is 11.8 Å². The molecule has 2 aromatic carbocycles. The van der Waals surface area contributed by atoms with Crippen LogP contribution in [-0.4, -0.2) is 26.6 Å². The third-order valence-electron chi connectivity index (χ3n) is 3.62. The van der Waals surface area contributed by atoms with Crippen molar-refractivity contribution in [2.24, 2.45) is 0 Å². The summed E-state index contributed by atoms with van der Waals surface area (Å²) in [6.45, 7) is 0.101. The SMILES string of the molecule is O=C(CSc1nc(COc2ccccc2)cc(=O)[nH]1)Nc1ccccc1[N+](=O)[O-]. The number of aromatic nitrogens is 2. The van der Waals surface area contributed by atoms with Crippen LogP contribution in [0.4, 0.5) is 11.4 Å². The number of nitro benzene ring substituents is 1. The fourth-order valence-corrected chi connectivity index (χ4v) is 3.05. The third kappa shape index (κ3) is 5.91. The Kier molecular flexibility index (Phi) is 6.59. The number of thioether (sulfide) groups is 1. The predicted octanol–water partition coefficient (Wildman–Crippen LogP) is 2.99. The number of amides is 1. The summed E-state index contributed by atoms with van der Waals surface area (Å²) in [5.74, 6) is 0.100. The number of nitro groups is 1. The van der Waals surface area contributed by atoms with Gasteiger partial charge in [0.05, 0.1) is 16.4 Å². The molecule has 10 heteroatoms. The Bertz CT molecular complexity index is 1070. The molecule has 2 N–H and O–H groups in total. The molecule has 0 atom stereocenters. The fourth-order valence-electron chi connectivity index (χ4n) is 2.36. The summed E-state index contributed by atoms with van der Waals surface area (Å²) < 4.78 is 5.57. The highest BCUT2D eigenvalue weighted by Gasteiger charge is 2.15. The van der Waals surface area contributed by atoms with Crippen LogP contribution in [0.15, 0.2) is 70.6 Å². The average Bonchev–Trinajstić information content (AvgIpc) is 2.71. The quantitative estimate of drug-likeness (QED) is 0.252. The van der Waals surface area contributed by atoms with Gasteiger partial charge in [-0.2, -0.15) is 0 Å². The summed E-state index contributed by atoms with van der Waals surface area (Å²) in [4.78, 5) is 41.2. The van der Waals surface area contributed by atoms with Gasteiger partial charge in [0.15, 0.2) is 5.16 Å². The van der Waals surface area contributed by atoms with E-state index in [9.17, 15) is 19.7 Å². The number of benzene rings is 2. The molecule has 3 aromatic rings. The van der Waals surface area contributed by atoms with E-state index in [1.54, 1.807) is 18.2 Å². The molecule has 1 heterocycles. The third-order valence-corrected chi connectivity index (χ3v) is 4.49. The standard InChI is InChI=1S/C19H16N4O5S/c24-17-10-13(11-28-14-6-2-1-3-7-14)20-19(22-17)29-12-18(25)21-15-8-4-5-9-16(15)23(26)27/h1-10H,11-12H2,(H,21,25)(H,20,22,24). The number of anilines is 1. The van der Waals surface area contributed by atoms with Gasteiger partial charge in [-0.3, -0.25) is 19.7 Å². The summed E-state index contributed by atoms with van der Waals surface area (Å²) in [5.41, 5.74) is -0.0421. The van der Waals surface area contributed by atoms with Gasteiger partial charge in [0.25, 0.3) is 11.2 Å². The highest BCUT2D eigenvalue weighted by Crippen LogP contribution is 2.23. The number of hydrogen-bond donors (Lipinski definition) is 2. The Balaban J connectivity index is 1.60. The lowest BCUT2D eigenvalue weighted by molar-refractivity contribution is -0.383. The number of carbonyl (C=O) groups excluding carboxylic acids is 1. The van der Waals surface area contributed by atoms with E-state index in [2.05, 4.69) is 15.3 Å². The second-order valence-electron chi connectivity index (χ2n) is 5.75. The number of carbonyl (C=O) groups is 1. The summed E-state index contributed by atoms with van der Waals surface area (Å²) in [7, 11) is 0. The molecule has 9 nitrogen and oxygen atoms in total. The maximum Gasteiger partial charge on any atom is 0.292 e. The number of para-hydroxylation sites is 3. The van der Waals surface area contributed by atoms with Crippen LogP contribution in [0.1, 0.15) is 5.69 Å². The zero-order valence-corrected chi connectivity index (χ0v) is 15.8. The van der Waals surface area contributed by atoms with Gasteiger partial charge in [-0.25, -0.2) is 4.98 Å². The van der Waals surface area contributed by atoms with Gasteiger partial charge >= 0.3 is 0 Å². The Morgan fingerprint density at radius 2 is 1.90 bits per heavy atom. The first-order valence-corrected chi connectivity index (χ1v) is 9.44. The van der Waals surface area contributed by atoms with E-state index in [-0.39, 0.29) is 34.5 Å². The smallest absolute Gasteiger partial charge is 0.292 e. The molecule has 0 bridgehead atoms. The van der Waals surface area contributed by atoms with Crippen molar-refractivity contribution in [1.82, 2.24) is 9.97 Å². The van der Waals surface area contributed by atoms with Gasteiger partial charge in [0, 0.05) is 12.1 Å². The van der Waals surface area contributed by atoms with Crippen molar-refractivity contribution in [3.05, 3.63) is 86.8 Å². The van der Waals surface area contributed by atoms with E-state index in [4.69, 9.17) is 4.74 Å². The molecule has 1 aromatic heterocycles. The lowest BCUT2D eigenvalue weighted by atomic mass is 10.2. The van der Waals surface area contributed by atoms with Crippen LogP contribution in [0.2, 0.25) is 0 Å². The molecule has 0 aliphatic carbocycles. The van der Waals surface area contributed by atoms with Crippen LogP contribution in [0, 0.1) is 10.1 Å². The molecule has 1 amide bonds. The first-order valence-electron chi connectivity index (χ1n) is 8.45. The second kappa shape index (κ2) is 9.51. The maximum absolute atomic E-state index is 12.1. The minimum absolute atomic E-state index is 0.0853. The number of ether oxygens (including phenoxy) is 1. The first kappa shape index (κ1) is 20.1. The van der Waals surface area contributed by atoms with Crippen LogP contribution >= 0.6 is 11.8 Å². The van der Waals surface area contributed by atoms with Crippen molar-refractivity contribution >= 4 is 29.0 Å². The van der Waals surface area contributed by atoms with Gasteiger partial charge in [0.1, 0.15) is 18.0 Å². The average molecular weight is 412 g/mol. The fraction of sp³-hybridized carbons (Fsp3) is 0.105. The van der Waals surface area contributed by atoms with E-state index >= 15 is 0 Å². The van der Waals surface area contributed by atoms with Crippen LogP contribution < -0.4 is 15.6 Å². The summed E-state index contributed by atoms with van der Waals surface area (Å²) in [5, 5.41) is 13.8. The van der Waals surface area contributed by atoms with Gasteiger partial charge in [-0.05, 0) is 18.2 Å². The number of aromatic amines is 1. The Hall–Kier alpha value is -3.66. The molecule has 148 valence electrons. The zero-order valence-electron chi connectivity index (χ0n) is 15.0. The van der Waals surface area contributed by atoms with E-state index in [1.165, 1.54) is 24.3 Å². The highest BCUT2D eigenvalue weighted by molar-refractivity contribution is 7.99. The van der Waals surface area contributed by atoms with Gasteiger partial charge in [-0.1, -0.05) is 42.1 Å². The monoisotopic (exact) mass is 412 g/mol. The molecule has 0 saturated heterocycles. The van der Waals surface area contributed by atoms with Gasteiger partial charge < -0.3 is 15.0 Å². The lowest BCUT2D eigenvalue weighted by Gasteiger charge is -2.07. The summed E-state index contributed by atoms with van der Waals surface area (Å²) in [6.07, 6.45) is 0. The minimum Gasteiger partial charge on any atom is -0.487 e. The van der Waals surface area contributed by atoms with Gasteiger partial charge in [0.2, 0.25) is 5.91 Å². The minimum atomic E-state index is -0.571. The first-order chi connectivity index (χ1) is 14.0. The van der Waals surface area contributed by atoms with Crippen molar-refractivity contribution in [3.63, 3.8) is 0 Å². The normalized spacial score (nSPS) is 10.3. The van der Waals surface area contributed by atoms with Crippen LogP contribution in [0.5, 0.6) is 5.75 Å². The number of H-pyrrole nitrogens is 1. The zero-order chi connectivity index (χ0) is 20.6. The van der Waals surface area contributed by atoms with Crippen LogP contribution in [0.3, 0.4) is 0 Å². The second-order valence-corrected chi connectivity index (χ2v) is 6.72. The van der Waals surface area contributed by atoms with E-state index in [0.29, 0.717) is 11.4 Å². The molecule has 3 rings (SSSR count). The highest BCUT2D eigenvalue weighted by atomic mass is 32.2. The molecular weight excluding hydrogens is 396 g/mol. The Labute approximate surface area is 169 Å². The molecule has 0 saturated carbocycles. The molecule has 0 spiro atoms. The van der Waals surface area contributed by atoms with Crippen molar-refractivity contribution in [2.75, 3.05) is 11.1 Å². The molecule has 0 fully saturated rings. The maximum atomic E-state index is 12.1. The summed E-state index contributed by atoms with van der Waals surface area (Å²) in [6, 6.07) is 16.3. The van der Waals surface area contributed by atoms with Crippen molar-refractivity contribution in [1.29, 1.82) is 0 Å². The Morgan fingerprint density at radius 3 is 2.66 bits per heavy atom. The molecular formula is C19H16N4O5S. The molecule has 0 radical (unpaired) electrons. The van der Waals surface area contributed by atoms with E-state index in [1.807, 2.05) is 18.2 Å². The van der Waals surface area contributed by atoms with E-state index < -0.39 is 10.8 Å². The van der Waals surface area contributed by atoms with Crippen molar-refractivity contribution < 1.29 is 14.5 Å². The van der Waals surface area contributed by atoms with Crippen LogP contribution in [0.25, 0.3) is 0 Å². The van der Waals surface area contributed by atoms with Crippen molar-refractivity contribution in [2.45, 2.75) is 11.8 Å². The van der Waals surface area contributed by atoms with Crippen LogP contribution in [-0.2, 0) is 11.4 Å². The molecule has 0 aliphatic rings. The largest absolute Gasteiger partial charge is 0.487 e. The number of hydrogen-bond acceptors (Lipinski definition) is 7. The Morgan fingerprint density at radius 1 is 1.17 bits per heavy atom. The number of nitrogens with one attached hydrogen (secondary N) is 2. The van der Waals surface area contributed by atoms with Gasteiger partial charge in [-0.15, -0.1) is 0 Å². The number of rotatable bonds is 8. The molecule has 29 heavy (non-hydrogen) atoms. The van der Waals surface area contributed by atoms with Crippen molar-refractivity contribution in [3.8, 4) is 5.75 Å².